The first-order valence-electron chi connectivity index (χ1n) is 11.5. The lowest BCUT2D eigenvalue weighted by molar-refractivity contribution is -0.127. The van der Waals surface area contributed by atoms with Gasteiger partial charge in [-0.25, -0.2) is 18.9 Å². The maximum Gasteiger partial charge on any atom is 0.335 e. The molecule has 3 amide bonds. The molecule has 3 aromatic rings. The molecule has 0 aliphatic heterocycles. The molecule has 38 heavy (non-hydrogen) atoms. The van der Waals surface area contributed by atoms with Crippen molar-refractivity contribution >= 4 is 46.6 Å². The molecule has 0 aliphatic rings. The predicted octanol–water partition coefficient (Wildman–Crippen LogP) is 5.26. The second kappa shape index (κ2) is 12.6. The molecule has 0 spiro atoms. The van der Waals surface area contributed by atoms with E-state index in [1.54, 1.807) is 54.6 Å². The Morgan fingerprint density at radius 1 is 1.03 bits per heavy atom. The fraction of sp³-hybridized carbons (Fsp3) is 0.179. The van der Waals surface area contributed by atoms with Gasteiger partial charge in [0.15, 0.2) is 6.54 Å². The van der Waals surface area contributed by atoms with Crippen molar-refractivity contribution in [3.63, 3.8) is 0 Å². The third kappa shape index (κ3) is 6.62. The third-order valence-corrected chi connectivity index (χ3v) is 6.19. The van der Waals surface area contributed by atoms with E-state index in [2.05, 4.69) is 16.6 Å². The molecule has 196 valence electrons. The summed E-state index contributed by atoms with van der Waals surface area (Å²) >= 11 is 6.11. The molecule has 3 N–H and O–H groups in total. The van der Waals surface area contributed by atoms with Crippen LogP contribution < -0.4 is 24.6 Å². The number of para-hydroxylation sites is 1. The first kappa shape index (κ1) is 28.1. The Balaban J connectivity index is 1.81. The highest BCUT2D eigenvalue weighted by molar-refractivity contribution is 6.33. The van der Waals surface area contributed by atoms with Crippen LogP contribution in [0.25, 0.3) is 0 Å². The van der Waals surface area contributed by atoms with Crippen molar-refractivity contribution in [3.8, 4) is 23.8 Å². The van der Waals surface area contributed by atoms with Crippen molar-refractivity contribution in [2.75, 3.05) is 37.4 Å². The molecular weight excluding hydrogens is 510 g/mol. The van der Waals surface area contributed by atoms with Gasteiger partial charge in [0, 0.05) is 12.1 Å². The summed E-state index contributed by atoms with van der Waals surface area (Å²) in [6.45, 7) is 1.81. The van der Waals surface area contributed by atoms with Crippen LogP contribution in [-0.4, -0.2) is 49.8 Å². The number of aromatic carboxylic acids is 1. The minimum atomic E-state index is -1.04. The number of carbonyl (C=O) groups is 3. The predicted molar refractivity (Wildman–Crippen MR) is 147 cm³/mol. The molecule has 0 fully saturated rings. The van der Waals surface area contributed by atoms with E-state index in [4.69, 9.17) is 32.6 Å². The van der Waals surface area contributed by atoms with Crippen LogP contribution in [0.5, 0.6) is 11.5 Å². The number of ether oxygens (including phenoxy) is 2. The van der Waals surface area contributed by atoms with E-state index in [0.29, 0.717) is 33.6 Å². The largest absolute Gasteiger partial charge is 0.494 e. The van der Waals surface area contributed by atoms with E-state index in [0.717, 1.165) is 0 Å². The van der Waals surface area contributed by atoms with Crippen molar-refractivity contribution in [1.82, 2.24) is 4.48 Å². The molecule has 1 atom stereocenters. The number of benzene rings is 3. The van der Waals surface area contributed by atoms with Crippen LogP contribution in [0.1, 0.15) is 17.3 Å². The number of carboxylic acids is 1. The lowest BCUT2D eigenvalue weighted by Crippen LogP contribution is -2.55. The molecule has 0 heterocycles. The number of rotatable bonds is 10. The summed E-state index contributed by atoms with van der Waals surface area (Å²) in [5.41, 5.74) is 1.51. The minimum Gasteiger partial charge on any atom is -0.494 e. The number of hydrogen-bond acceptors (Lipinski definition) is 5. The first-order valence-corrected chi connectivity index (χ1v) is 11.9. The first-order chi connectivity index (χ1) is 18.2. The van der Waals surface area contributed by atoms with Gasteiger partial charge in [0.05, 0.1) is 36.0 Å². The zero-order chi connectivity index (χ0) is 27.7. The van der Waals surface area contributed by atoms with E-state index in [1.165, 1.54) is 26.2 Å². The van der Waals surface area contributed by atoms with Crippen LogP contribution in [-0.2, 0) is 4.79 Å². The Kier molecular flexibility index (Phi) is 9.33. The molecule has 3 aromatic carbocycles. The van der Waals surface area contributed by atoms with E-state index in [-0.39, 0.29) is 35.7 Å². The number of carbonyl (C=O) groups excluding carboxylic acids is 2. The number of methoxy groups -OCH3 is 1. The molecule has 0 aliphatic carbocycles. The SMILES string of the molecule is C#CC[N+](CCOc1ccc(C(=O)O)cc1)(C(C)=O)c1ccc(NC(=O)Nc2ccccc2Cl)c(OC)c1. The van der Waals surface area contributed by atoms with Gasteiger partial charge < -0.3 is 25.2 Å². The highest BCUT2D eigenvalue weighted by atomic mass is 35.5. The van der Waals surface area contributed by atoms with Crippen molar-refractivity contribution < 1.29 is 29.0 Å². The van der Waals surface area contributed by atoms with Crippen molar-refractivity contribution in [2.24, 2.45) is 0 Å². The number of nitrogens with one attached hydrogen (secondary N) is 2. The van der Waals surface area contributed by atoms with Crippen LogP contribution in [0.15, 0.2) is 66.7 Å². The summed E-state index contributed by atoms with van der Waals surface area (Å²) in [5, 5.41) is 14.8. The molecule has 0 saturated carbocycles. The standard InChI is InChI=1S/C28H26ClN3O6/c1-4-15-32(19(2)33,16-17-38-22-12-9-20(10-13-22)27(34)35)21-11-14-25(26(18-21)37-3)31-28(36)30-24-8-6-5-7-23(24)29/h1,5-14,18H,15-17H2,2-3H3,(H2-,30,31,34,35,36)/p+1. The molecule has 10 heteroatoms. The number of halogens is 1. The second-order valence-electron chi connectivity index (χ2n) is 8.19. The maximum absolute atomic E-state index is 12.9. The number of amides is 3. The number of nitrogens with zero attached hydrogens (tertiary/aromatic N) is 1. The van der Waals surface area contributed by atoms with Gasteiger partial charge in [0.2, 0.25) is 0 Å². The Morgan fingerprint density at radius 2 is 1.71 bits per heavy atom. The van der Waals surface area contributed by atoms with Gasteiger partial charge in [-0.3, -0.25) is 0 Å². The Morgan fingerprint density at radius 3 is 2.32 bits per heavy atom. The van der Waals surface area contributed by atoms with E-state index < -0.39 is 12.0 Å². The molecule has 0 aromatic heterocycles. The van der Waals surface area contributed by atoms with Crippen LogP contribution in [0, 0.1) is 12.3 Å². The van der Waals surface area contributed by atoms with Gasteiger partial charge in [0.25, 0.3) is 0 Å². The quantitative estimate of drug-likeness (QED) is 0.241. The number of urea groups is 1. The average molecular weight is 537 g/mol. The zero-order valence-electron chi connectivity index (χ0n) is 20.9. The van der Waals surface area contributed by atoms with Gasteiger partial charge in [0.1, 0.15) is 30.3 Å². The summed E-state index contributed by atoms with van der Waals surface area (Å²) in [5.74, 6) is 2.10. The maximum atomic E-state index is 12.9. The van der Waals surface area contributed by atoms with Crippen LogP contribution >= 0.6 is 11.6 Å². The summed E-state index contributed by atoms with van der Waals surface area (Å²) in [7, 11) is 1.45. The van der Waals surface area contributed by atoms with E-state index in [9.17, 15) is 14.4 Å². The Labute approximate surface area is 225 Å². The van der Waals surface area contributed by atoms with Crippen LogP contribution in [0.2, 0.25) is 5.02 Å². The van der Waals surface area contributed by atoms with E-state index >= 15 is 0 Å². The number of carboxylic acid groups (broad SMARTS) is 1. The summed E-state index contributed by atoms with van der Waals surface area (Å²) < 4.78 is 11.0. The van der Waals surface area contributed by atoms with E-state index in [1.807, 2.05) is 0 Å². The van der Waals surface area contributed by atoms with Crippen LogP contribution in [0.4, 0.5) is 21.9 Å². The van der Waals surface area contributed by atoms with Gasteiger partial charge in [-0.2, -0.15) is 0 Å². The van der Waals surface area contributed by atoms with Gasteiger partial charge in [-0.1, -0.05) is 23.7 Å². The van der Waals surface area contributed by atoms with Gasteiger partial charge in [-0.15, -0.1) is 6.42 Å². The van der Waals surface area contributed by atoms with Crippen LogP contribution in [0.3, 0.4) is 0 Å². The monoisotopic (exact) mass is 536 g/mol. The molecule has 9 nitrogen and oxygen atoms in total. The summed E-state index contributed by atoms with van der Waals surface area (Å²) in [4.78, 5) is 36.5. The zero-order valence-corrected chi connectivity index (χ0v) is 21.6. The molecule has 3 rings (SSSR count). The number of hydrogen-bond donors (Lipinski definition) is 3. The smallest absolute Gasteiger partial charge is 0.335 e. The van der Waals surface area contributed by atoms with Gasteiger partial charge in [-0.05, 0) is 48.4 Å². The molecule has 1 unspecified atom stereocenters. The number of terminal acetylenes is 1. The highest BCUT2D eigenvalue weighted by Gasteiger charge is 2.36. The normalized spacial score (nSPS) is 11.9. The minimum absolute atomic E-state index is 0.0551. The molecule has 0 radical (unpaired) electrons. The third-order valence-electron chi connectivity index (χ3n) is 5.86. The van der Waals surface area contributed by atoms with Crippen molar-refractivity contribution in [3.05, 3.63) is 77.3 Å². The number of quaternary nitrogens is 1. The fourth-order valence-electron chi connectivity index (χ4n) is 3.81. The summed E-state index contributed by atoms with van der Waals surface area (Å²) in [6, 6.07) is 17.2. The van der Waals surface area contributed by atoms with Crippen molar-refractivity contribution in [2.45, 2.75) is 6.92 Å². The molecule has 0 bridgehead atoms. The Bertz CT molecular complexity index is 1370. The Hall–Kier alpha value is -4.52. The molecular formula is C28H27ClN3O6+. The average Bonchev–Trinajstić information content (AvgIpc) is 2.90. The summed E-state index contributed by atoms with van der Waals surface area (Å²) in [6.07, 6.45) is 5.65. The topological polar surface area (TPSA) is 114 Å². The van der Waals surface area contributed by atoms with Gasteiger partial charge >= 0.3 is 17.9 Å². The second-order valence-corrected chi connectivity index (χ2v) is 8.60. The lowest BCUT2D eigenvalue weighted by atomic mass is 10.1. The highest BCUT2D eigenvalue weighted by Crippen LogP contribution is 2.34. The number of anilines is 2. The van der Waals surface area contributed by atoms with Crippen molar-refractivity contribution in [1.29, 1.82) is 0 Å². The lowest BCUT2D eigenvalue weighted by Gasteiger charge is -2.33. The molecule has 0 saturated heterocycles. The fourth-order valence-corrected chi connectivity index (χ4v) is 3.99.